The molecule has 3 rings (SSSR count). The van der Waals surface area contributed by atoms with Crippen molar-refractivity contribution in [3.63, 3.8) is 0 Å². The van der Waals surface area contributed by atoms with Crippen LogP contribution in [0, 0.1) is 0 Å². The Bertz CT molecular complexity index is 441. The summed E-state index contributed by atoms with van der Waals surface area (Å²) in [6.07, 6.45) is 8.25. The van der Waals surface area contributed by atoms with E-state index in [-0.39, 0.29) is 5.91 Å². The number of fused-ring (bicyclic) bond motifs is 1. The van der Waals surface area contributed by atoms with Crippen molar-refractivity contribution in [3.05, 3.63) is 10.6 Å². The van der Waals surface area contributed by atoms with Gasteiger partial charge in [-0.05, 0) is 32.1 Å². The van der Waals surface area contributed by atoms with Crippen molar-refractivity contribution in [1.29, 1.82) is 0 Å². The second-order valence-corrected chi connectivity index (χ2v) is 6.50. The first kappa shape index (κ1) is 12.1. The molecule has 5 heteroatoms. The van der Waals surface area contributed by atoms with Gasteiger partial charge >= 0.3 is 0 Å². The zero-order chi connectivity index (χ0) is 12.6. The number of carbonyl (C=O) groups excluding carboxylic acids is 1. The fraction of sp³-hybridized carbons (Fsp3) is 0.692. The van der Waals surface area contributed by atoms with Crippen LogP contribution in [0.15, 0.2) is 0 Å². The molecule has 0 unspecified atom stereocenters. The molecule has 0 aliphatic heterocycles. The third-order valence-corrected chi connectivity index (χ3v) is 5.09. The number of nitrogens with one attached hydrogen (secondary N) is 1. The van der Waals surface area contributed by atoms with E-state index in [1.165, 1.54) is 23.4 Å². The lowest BCUT2D eigenvalue weighted by atomic mass is 9.82. The average molecular weight is 265 g/mol. The Morgan fingerprint density at radius 2 is 2.00 bits per heavy atom. The topological polar surface area (TPSA) is 68.0 Å². The van der Waals surface area contributed by atoms with Gasteiger partial charge in [0.15, 0.2) is 5.13 Å². The fourth-order valence-electron chi connectivity index (χ4n) is 2.88. The number of thiazole rings is 1. The summed E-state index contributed by atoms with van der Waals surface area (Å²) in [4.78, 5) is 18.1. The predicted molar refractivity (Wildman–Crippen MR) is 72.8 cm³/mol. The smallest absolute Gasteiger partial charge is 0.246 e. The quantitative estimate of drug-likeness (QED) is 0.861. The normalized spacial score (nSPS) is 21.6. The summed E-state index contributed by atoms with van der Waals surface area (Å²) in [6.45, 7) is 0. The van der Waals surface area contributed by atoms with Gasteiger partial charge in [-0.25, -0.2) is 4.98 Å². The Kier molecular flexibility index (Phi) is 3.11. The molecule has 1 aromatic rings. The zero-order valence-corrected chi connectivity index (χ0v) is 11.3. The number of aromatic nitrogens is 1. The Labute approximate surface area is 111 Å². The molecule has 98 valence electrons. The van der Waals surface area contributed by atoms with E-state index in [9.17, 15) is 4.79 Å². The standard InChI is InChI=1S/C13H19N3OS/c14-13(7-2-1-3-8-13)11(17)16-12-15-9-5-4-6-10(9)18-12/h1-8,14H2,(H,15,16,17). The highest BCUT2D eigenvalue weighted by atomic mass is 32.1. The first-order valence-electron chi connectivity index (χ1n) is 6.76. The van der Waals surface area contributed by atoms with Gasteiger partial charge in [0.25, 0.3) is 0 Å². The van der Waals surface area contributed by atoms with Crippen molar-refractivity contribution in [3.8, 4) is 0 Å². The van der Waals surface area contributed by atoms with Crippen LogP contribution in [0.25, 0.3) is 0 Å². The number of anilines is 1. The van der Waals surface area contributed by atoms with Crippen LogP contribution in [-0.4, -0.2) is 16.4 Å². The molecule has 0 radical (unpaired) electrons. The molecule has 0 atom stereocenters. The zero-order valence-electron chi connectivity index (χ0n) is 10.5. The van der Waals surface area contributed by atoms with Crippen molar-refractivity contribution >= 4 is 22.4 Å². The van der Waals surface area contributed by atoms with Crippen molar-refractivity contribution < 1.29 is 4.79 Å². The molecule has 1 aromatic heterocycles. The van der Waals surface area contributed by atoms with E-state index in [0.29, 0.717) is 0 Å². The number of nitrogens with zero attached hydrogens (tertiary/aromatic N) is 1. The molecular formula is C13H19N3OS. The Hall–Kier alpha value is -0.940. The maximum Gasteiger partial charge on any atom is 0.246 e. The van der Waals surface area contributed by atoms with Crippen LogP contribution < -0.4 is 11.1 Å². The van der Waals surface area contributed by atoms with Gasteiger partial charge in [-0.3, -0.25) is 4.79 Å². The molecule has 0 bridgehead atoms. The second-order valence-electron chi connectivity index (χ2n) is 5.41. The third-order valence-electron chi connectivity index (χ3n) is 4.01. The van der Waals surface area contributed by atoms with Gasteiger partial charge in [-0.15, -0.1) is 11.3 Å². The molecule has 1 saturated carbocycles. The molecule has 0 spiro atoms. The number of aryl methyl sites for hydroxylation is 2. The van der Waals surface area contributed by atoms with Crippen molar-refractivity contribution in [2.45, 2.75) is 56.9 Å². The van der Waals surface area contributed by atoms with Crippen LogP contribution in [0.2, 0.25) is 0 Å². The summed E-state index contributed by atoms with van der Waals surface area (Å²) in [6, 6.07) is 0. The molecule has 0 aromatic carbocycles. The SMILES string of the molecule is NC1(C(=O)Nc2nc3c(s2)CCC3)CCCCC1. The van der Waals surface area contributed by atoms with Gasteiger partial charge in [0, 0.05) is 4.88 Å². The molecule has 18 heavy (non-hydrogen) atoms. The number of nitrogens with two attached hydrogens (primary N) is 1. The van der Waals surface area contributed by atoms with Gasteiger partial charge < -0.3 is 11.1 Å². The average Bonchev–Trinajstić information content (AvgIpc) is 2.90. The minimum Gasteiger partial charge on any atom is -0.317 e. The lowest BCUT2D eigenvalue weighted by molar-refractivity contribution is -0.122. The number of hydrogen-bond donors (Lipinski definition) is 2. The van der Waals surface area contributed by atoms with Crippen molar-refractivity contribution in [1.82, 2.24) is 4.98 Å². The summed E-state index contributed by atoms with van der Waals surface area (Å²) in [7, 11) is 0. The molecule has 2 aliphatic rings. The molecule has 1 heterocycles. The van der Waals surface area contributed by atoms with Crippen LogP contribution in [0.4, 0.5) is 5.13 Å². The minimum absolute atomic E-state index is 0.0466. The summed E-state index contributed by atoms with van der Waals surface area (Å²) >= 11 is 1.61. The highest BCUT2D eigenvalue weighted by molar-refractivity contribution is 7.15. The second kappa shape index (κ2) is 4.63. The maximum atomic E-state index is 12.2. The fourth-order valence-corrected chi connectivity index (χ4v) is 3.92. The highest BCUT2D eigenvalue weighted by Gasteiger charge is 2.35. The summed E-state index contributed by atoms with van der Waals surface area (Å²) in [5.41, 5.74) is 6.71. The number of amides is 1. The first-order valence-corrected chi connectivity index (χ1v) is 7.58. The summed E-state index contributed by atoms with van der Waals surface area (Å²) in [5, 5.41) is 3.66. The molecule has 3 N–H and O–H groups in total. The van der Waals surface area contributed by atoms with Crippen LogP contribution in [-0.2, 0) is 17.6 Å². The van der Waals surface area contributed by atoms with E-state index < -0.39 is 5.54 Å². The van der Waals surface area contributed by atoms with Gasteiger partial charge in [0.1, 0.15) is 0 Å². The monoisotopic (exact) mass is 265 g/mol. The third kappa shape index (κ3) is 2.17. The molecular weight excluding hydrogens is 246 g/mol. The van der Waals surface area contributed by atoms with Gasteiger partial charge in [-0.2, -0.15) is 0 Å². The van der Waals surface area contributed by atoms with E-state index in [4.69, 9.17) is 5.73 Å². The molecule has 2 aliphatic carbocycles. The van der Waals surface area contributed by atoms with E-state index in [1.54, 1.807) is 11.3 Å². The van der Waals surface area contributed by atoms with E-state index in [1.807, 2.05) is 0 Å². The van der Waals surface area contributed by atoms with Crippen LogP contribution in [0.1, 0.15) is 49.1 Å². The molecule has 1 fully saturated rings. The molecule has 0 saturated heterocycles. The number of carbonyl (C=O) groups is 1. The summed E-state index contributed by atoms with van der Waals surface area (Å²) in [5.74, 6) is -0.0466. The van der Waals surface area contributed by atoms with Gasteiger partial charge in [-0.1, -0.05) is 19.3 Å². The summed E-state index contributed by atoms with van der Waals surface area (Å²) < 4.78 is 0. The Morgan fingerprint density at radius 3 is 2.72 bits per heavy atom. The van der Waals surface area contributed by atoms with Crippen molar-refractivity contribution in [2.75, 3.05) is 5.32 Å². The van der Waals surface area contributed by atoms with E-state index in [0.717, 1.165) is 43.7 Å². The Balaban J connectivity index is 1.69. The largest absolute Gasteiger partial charge is 0.317 e. The van der Waals surface area contributed by atoms with Gasteiger partial charge in [0.05, 0.1) is 11.2 Å². The van der Waals surface area contributed by atoms with Crippen LogP contribution in [0.5, 0.6) is 0 Å². The maximum absolute atomic E-state index is 12.2. The van der Waals surface area contributed by atoms with Crippen LogP contribution in [0.3, 0.4) is 0 Å². The van der Waals surface area contributed by atoms with Crippen LogP contribution >= 0.6 is 11.3 Å². The number of hydrogen-bond acceptors (Lipinski definition) is 4. The van der Waals surface area contributed by atoms with E-state index >= 15 is 0 Å². The Morgan fingerprint density at radius 1 is 1.22 bits per heavy atom. The lowest BCUT2D eigenvalue weighted by Crippen LogP contribution is -2.52. The minimum atomic E-state index is -0.672. The van der Waals surface area contributed by atoms with Gasteiger partial charge in [0.2, 0.25) is 5.91 Å². The first-order chi connectivity index (χ1) is 8.67. The predicted octanol–water partition coefficient (Wildman–Crippen LogP) is 2.23. The molecule has 1 amide bonds. The lowest BCUT2D eigenvalue weighted by Gasteiger charge is -2.31. The van der Waals surface area contributed by atoms with Crippen molar-refractivity contribution in [2.24, 2.45) is 5.73 Å². The number of rotatable bonds is 2. The molecule has 4 nitrogen and oxygen atoms in total. The van der Waals surface area contributed by atoms with E-state index in [2.05, 4.69) is 10.3 Å². The highest BCUT2D eigenvalue weighted by Crippen LogP contribution is 2.32.